The number of aliphatic hydroxyl groups is 1. The Morgan fingerprint density at radius 2 is 2.18 bits per heavy atom. The molecule has 0 unspecified atom stereocenters. The van der Waals surface area contributed by atoms with Gasteiger partial charge in [0.05, 0.1) is 6.20 Å². The quantitative estimate of drug-likeness (QED) is 0.912. The van der Waals surface area contributed by atoms with Crippen molar-refractivity contribution in [1.29, 1.82) is 0 Å². The Labute approximate surface area is 130 Å². The lowest BCUT2D eigenvalue weighted by molar-refractivity contribution is 0.0170. The smallest absolute Gasteiger partial charge is 0.141 e. The molecule has 0 amide bonds. The SMILES string of the molecule is C[C@@H](NC[C@]1(O)CCCc2ccccc21)c1cncc(F)c1. The van der Waals surface area contributed by atoms with Gasteiger partial charge in [-0.2, -0.15) is 0 Å². The van der Waals surface area contributed by atoms with Crippen LogP contribution in [0.25, 0.3) is 0 Å². The molecule has 2 atom stereocenters. The van der Waals surface area contributed by atoms with Gasteiger partial charge in [-0.25, -0.2) is 4.39 Å². The van der Waals surface area contributed by atoms with Gasteiger partial charge in [0.15, 0.2) is 0 Å². The van der Waals surface area contributed by atoms with Crippen LogP contribution >= 0.6 is 0 Å². The Hall–Kier alpha value is -1.78. The maximum Gasteiger partial charge on any atom is 0.141 e. The molecule has 1 heterocycles. The third kappa shape index (κ3) is 3.03. The minimum atomic E-state index is -0.857. The zero-order valence-electron chi connectivity index (χ0n) is 12.7. The molecule has 0 radical (unpaired) electrons. The number of nitrogens with one attached hydrogen (secondary N) is 1. The zero-order valence-corrected chi connectivity index (χ0v) is 12.7. The monoisotopic (exact) mass is 300 g/mol. The molecule has 0 saturated carbocycles. The lowest BCUT2D eigenvalue weighted by Crippen LogP contribution is -2.41. The van der Waals surface area contributed by atoms with Gasteiger partial charge in [0, 0.05) is 18.8 Å². The number of pyridine rings is 1. The van der Waals surface area contributed by atoms with E-state index >= 15 is 0 Å². The van der Waals surface area contributed by atoms with Crippen LogP contribution in [0.1, 0.15) is 42.5 Å². The van der Waals surface area contributed by atoms with Crippen LogP contribution in [0.15, 0.2) is 42.7 Å². The Kier molecular flexibility index (Phi) is 4.23. The van der Waals surface area contributed by atoms with Gasteiger partial charge in [0.25, 0.3) is 0 Å². The molecular formula is C18H21FN2O. The van der Waals surface area contributed by atoms with Crippen LogP contribution < -0.4 is 5.32 Å². The maximum absolute atomic E-state index is 13.3. The van der Waals surface area contributed by atoms with E-state index in [9.17, 15) is 9.50 Å². The van der Waals surface area contributed by atoms with E-state index in [1.165, 1.54) is 17.8 Å². The highest BCUT2D eigenvalue weighted by molar-refractivity contribution is 5.35. The lowest BCUT2D eigenvalue weighted by Gasteiger charge is -2.35. The average molecular weight is 300 g/mol. The van der Waals surface area contributed by atoms with E-state index in [1.807, 2.05) is 25.1 Å². The molecule has 2 N–H and O–H groups in total. The molecule has 116 valence electrons. The van der Waals surface area contributed by atoms with Crippen LogP contribution in [0.4, 0.5) is 4.39 Å². The summed E-state index contributed by atoms with van der Waals surface area (Å²) in [6.45, 7) is 2.40. The van der Waals surface area contributed by atoms with E-state index < -0.39 is 5.60 Å². The molecule has 1 aliphatic rings. The van der Waals surface area contributed by atoms with Gasteiger partial charge in [-0.3, -0.25) is 4.98 Å². The number of fused-ring (bicyclic) bond motifs is 1. The Bertz CT molecular complexity index is 661. The van der Waals surface area contributed by atoms with Crippen LogP contribution in [-0.2, 0) is 12.0 Å². The van der Waals surface area contributed by atoms with Crippen molar-refractivity contribution < 1.29 is 9.50 Å². The van der Waals surface area contributed by atoms with Crippen molar-refractivity contribution in [2.45, 2.75) is 37.8 Å². The van der Waals surface area contributed by atoms with Crippen molar-refractivity contribution in [1.82, 2.24) is 10.3 Å². The van der Waals surface area contributed by atoms with E-state index in [1.54, 1.807) is 6.20 Å². The fourth-order valence-electron chi connectivity index (χ4n) is 3.19. The first-order valence-corrected chi connectivity index (χ1v) is 7.73. The number of aryl methyl sites for hydroxylation is 1. The van der Waals surface area contributed by atoms with Crippen LogP contribution in [-0.4, -0.2) is 16.6 Å². The fraction of sp³-hybridized carbons (Fsp3) is 0.389. The third-order valence-electron chi connectivity index (χ3n) is 4.48. The highest BCUT2D eigenvalue weighted by Gasteiger charge is 2.34. The van der Waals surface area contributed by atoms with Crippen LogP contribution in [0.3, 0.4) is 0 Å². The Morgan fingerprint density at radius 1 is 1.36 bits per heavy atom. The number of hydrogen-bond acceptors (Lipinski definition) is 3. The average Bonchev–Trinajstić information content (AvgIpc) is 2.53. The summed E-state index contributed by atoms with van der Waals surface area (Å²) < 4.78 is 13.3. The van der Waals surface area contributed by atoms with Crippen molar-refractivity contribution in [3.8, 4) is 0 Å². The summed E-state index contributed by atoms with van der Waals surface area (Å²) in [7, 11) is 0. The maximum atomic E-state index is 13.3. The Balaban J connectivity index is 1.74. The molecule has 1 aromatic carbocycles. The van der Waals surface area contributed by atoms with Gasteiger partial charge >= 0.3 is 0 Å². The largest absolute Gasteiger partial charge is 0.384 e. The molecule has 1 aromatic heterocycles. The van der Waals surface area contributed by atoms with Gasteiger partial charge in [-0.15, -0.1) is 0 Å². The van der Waals surface area contributed by atoms with Gasteiger partial charge in [0.1, 0.15) is 11.4 Å². The number of aromatic nitrogens is 1. The third-order valence-corrected chi connectivity index (χ3v) is 4.48. The molecule has 2 aromatic rings. The second kappa shape index (κ2) is 6.15. The second-order valence-corrected chi connectivity index (χ2v) is 6.08. The molecule has 1 aliphatic carbocycles. The normalized spacial score (nSPS) is 22.1. The number of benzene rings is 1. The zero-order chi connectivity index (χ0) is 15.6. The lowest BCUT2D eigenvalue weighted by atomic mass is 9.79. The van der Waals surface area contributed by atoms with E-state index in [4.69, 9.17) is 0 Å². The first kappa shape index (κ1) is 15.1. The van der Waals surface area contributed by atoms with E-state index in [-0.39, 0.29) is 11.9 Å². The molecule has 3 nitrogen and oxygen atoms in total. The van der Waals surface area contributed by atoms with Gasteiger partial charge < -0.3 is 10.4 Å². The van der Waals surface area contributed by atoms with E-state index in [0.29, 0.717) is 6.54 Å². The summed E-state index contributed by atoms with van der Waals surface area (Å²) in [5.41, 5.74) is 2.16. The number of nitrogens with zero attached hydrogens (tertiary/aromatic N) is 1. The van der Waals surface area contributed by atoms with Gasteiger partial charge in [0.2, 0.25) is 0 Å². The highest BCUT2D eigenvalue weighted by atomic mass is 19.1. The molecule has 0 fully saturated rings. The van der Waals surface area contributed by atoms with Crippen molar-refractivity contribution in [3.05, 3.63) is 65.2 Å². The minimum absolute atomic E-state index is 0.0682. The van der Waals surface area contributed by atoms with Crippen LogP contribution in [0.5, 0.6) is 0 Å². The van der Waals surface area contributed by atoms with Crippen LogP contribution in [0, 0.1) is 5.82 Å². The molecule has 0 bridgehead atoms. The molecular weight excluding hydrogens is 279 g/mol. The Morgan fingerprint density at radius 3 is 3.00 bits per heavy atom. The van der Waals surface area contributed by atoms with Gasteiger partial charge in [-0.05, 0) is 48.9 Å². The van der Waals surface area contributed by atoms with Crippen molar-refractivity contribution >= 4 is 0 Å². The topological polar surface area (TPSA) is 45.1 Å². The van der Waals surface area contributed by atoms with Crippen molar-refractivity contribution in [2.75, 3.05) is 6.54 Å². The first-order chi connectivity index (χ1) is 10.6. The molecule has 0 aliphatic heterocycles. The summed E-state index contributed by atoms with van der Waals surface area (Å²) in [5.74, 6) is -0.340. The highest BCUT2D eigenvalue weighted by Crippen LogP contribution is 2.35. The summed E-state index contributed by atoms with van der Waals surface area (Å²) in [4.78, 5) is 3.88. The predicted molar refractivity (Wildman–Crippen MR) is 83.9 cm³/mol. The summed E-state index contributed by atoms with van der Waals surface area (Å²) in [6.07, 6.45) is 5.58. The standard InChI is InChI=1S/C18H21FN2O/c1-13(15-9-16(19)11-20-10-15)21-12-18(22)8-4-6-14-5-2-3-7-17(14)18/h2-3,5,7,9-11,13,21-22H,4,6,8,12H2,1H3/t13-,18-/m1/s1. The number of halogens is 1. The molecule has 3 rings (SSSR count). The minimum Gasteiger partial charge on any atom is -0.384 e. The molecule has 0 spiro atoms. The van der Waals surface area contributed by atoms with Crippen LogP contribution in [0.2, 0.25) is 0 Å². The predicted octanol–water partition coefficient (Wildman–Crippen LogP) is 3.10. The van der Waals surface area contributed by atoms with Gasteiger partial charge in [-0.1, -0.05) is 24.3 Å². The second-order valence-electron chi connectivity index (χ2n) is 6.08. The number of hydrogen-bond donors (Lipinski definition) is 2. The first-order valence-electron chi connectivity index (χ1n) is 7.73. The summed E-state index contributed by atoms with van der Waals surface area (Å²) in [5, 5.41) is 14.3. The summed E-state index contributed by atoms with van der Waals surface area (Å²) in [6, 6.07) is 9.48. The fourth-order valence-corrected chi connectivity index (χ4v) is 3.19. The molecule has 22 heavy (non-hydrogen) atoms. The van der Waals surface area contributed by atoms with Crippen molar-refractivity contribution in [3.63, 3.8) is 0 Å². The molecule has 0 saturated heterocycles. The number of rotatable bonds is 4. The van der Waals surface area contributed by atoms with Crippen molar-refractivity contribution in [2.24, 2.45) is 0 Å². The van der Waals surface area contributed by atoms with E-state index in [2.05, 4.69) is 16.4 Å². The van der Waals surface area contributed by atoms with E-state index in [0.717, 1.165) is 30.4 Å². The molecule has 4 heteroatoms. The summed E-state index contributed by atoms with van der Waals surface area (Å²) >= 11 is 0.